The largest absolute Gasteiger partial charge is 0.356 e. The zero-order valence-corrected chi connectivity index (χ0v) is 10.3. The van der Waals surface area contributed by atoms with Gasteiger partial charge < -0.3 is 10.6 Å². The molecular formula is C15H17N3. The van der Waals surface area contributed by atoms with E-state index in [2.05, 4.69) is 40.2 Å². The molecule has 1 aliphatic rings. The first-order valence-electron chi connectivity index (χ1n) is 6.38. The van der Waals surface area contributed by atoms with Crippen molar-refractivity contribution >= 4 is 5.69 Å². The van der Waals surface area contributed by atoms with Crippen LogP contribution < -0.4 is 10.6 Å². The van der Waals surface area contributed by atoms with Gasteiger partial charge in [-0.15, -0.1) is 0 Å². The Morgan fingerprint density at radius 2 is 2.06 bits per heavy atom. The van der Waals surface area contributed by atoms with E-state index in [0.717, 1.165) is 18.5 Å². The van der Waals surface area contributed by atoms with Gasteiger partial charge in [0.15, 0.2) is 0 Å². The lowest BCUT2D eigenvalue weighted by molar-refractivity contribution is 0.701. The number of anilines is 1. The van der Waals surface area contributed by atoms with Crippen molar-refractivity contribution in [2.75, 3.05) is 11.4 Å². The zero-order chi connectivity index (χ0) is 12.4. The Kier molecular flexibility index (Phi) is 2.99. The molecular weight excluding hydrogens is 222 g/mol. The van der Waals surface area contributed by atoms with Gasteiger partial charge in [0.1, 0.15) is 0 Å². The van der Waals surface area contributed by atoms with Crippen LogP contribution in [-0.4, -0.2) is 17.7 Å². The van der Waals surface area contributed by atoms with Gasteiger partial charge in [-0.3, -0.25) is 4.98 Å². The third kappa shape index (κ3) is 1.97. The lowest BCUT2D eigenvalue weighted by Gasteiger charge is -2.26. The molecule has 0 bridgehead atoms. The minimum Gasteiger partial charge on any atom is -0.356 e. The maximum atomic E-state index is 6.17. The highest BCUT2D eigenvalue weighted by Gasteiger charge is 2.23. The minimum atomic E-state index is 0.142. The Morgan fingerprint density at radius 3 is 2.78 bits per heavy atom. The summed E-state index contributed by atoms with van der Waals surface area (Å²) in [6.07, 6.45) is 6.08. The van der Waals surface area contributed by atoms with E-state index in [-0.39, 0.29) is 6.17 Å². The molecule has 18 heavy (non-hydrogen) atoms. The molecule has 0 aliphatic carbocycles. The average molecular weight is 239 g/mol. The second-order valence-electron chi connectivity index (χ2n) is 4.66. The molecule has 1 atom stereocenters. The Labute approximate surface area is 107 Å². The Hall–Kier alpha value is -1.87. The number of rotatable bonds is 2. The quantitative estimate of drug-likeness (QED) is 0.876. The molecule has 1 aliphatic heterocycles. The van der Waals surface area contributed by atoms with Crippen LogP contribution in [0.2, 0.25) is 0 Å². The summed E-state index contributed by atoms with van der Waals surface area (Å²) >= 11 is 0. The van der Waals surface area contributed by atoms with Crippen molar-refractivity contribution in [3.05, 3.63) is 48.8 Å². The number of aromatic nitrogens is 1. The van der Waals surface area contributed by atoms with Gasteiger partial charge in [0.05, 0.1) is 6.17 Å². The van der Waals surface area contributed by atoms with E-state index in [1.165, 1.54) is 17.7 Å². The molecule has 2 aromatic rings. The highest BCUT2D eigenvalue weighted by atomic mass is 15.2. The molecule has 0 radical (unpaired) electrons. The monoisotopic (exact) mass is 239 g/mol. The number of hydrogen-bond acceptors (Lipinski definition) is 3. The van der Waals surface area contributed by atoms with Gasteiger partial charge in [-0.25, -0.2) is 0 Å². The standard InChI is InChI=1S/C15H17N3/c16-15-8-4-10-18(15)14-7-2-1-6-13(14)12-5-3-9-17-11-12/h1-3,5-7,9,11,15H,4,8,10,16H2. The molecule has 1 saturated heterocycles. The fraction of sp³-hybridized carbons (Fsp3) is 0.267. The number of pyridine rings is 1. The second-order valence-corrected chi connectivity index (χ2v) is 4.66. The fourth-order valence-electron chi connectivity index (χ4n) is 2.58. The van der Waals surface area contributed by atoms with E-state index >= 15 is 0 Å². The van der Waals surface area contributed by atoms with Crippen molar-refractivity contribution < 1.29 is 0 Å². The molecule has 1 unspecified atom stereocenters. The minimum absolute atomic E-state index is 0.142. The van der Waals surface area contributed by atoms with E-state index in [1.807, 2.05) is 12.3 Å². The summed E-state index contributed by atoms with van der Waals surface area (Å²) < 4.78 is 0. The Bertz CT molecular complexity index is 524. The van der Waals surface area contributed by atoms with Crippen LogP contribution in [0.3, 0.4) is 0 Å². The predicted molar refractivity (Wildman–Crippen MR) is 74.2 cm³/mol. The second kappa shape index (κ2) is 4.78. The molecule has 2 N–H and O–H groups in total. The third-order valence-electron chi connectivity index (χ3n) is 3.49. The molecule has 3 heteroatoms. The van der Waals surface area contributed by atoms with Crippen molar-refractivity contribution in [3.8, 4) is 11.1 Å². The van der Waals surface area contributed by atoms with Gasteiger partial charge >= 0.3 is 0 Å². The van der Waals surface area contributed by atoms with Gasteiger partial charge in [0, 0.05) is 35.8 Å². The first-order valence-corrected chi connectivity index (χ1v) is 6.38. The highest BCUT2D eigenvalue weighted by Crippen LogP contribution is 2.33. The predicted octanol–water partition coefficient (Wildman–Crippen LogP) is 2.63. The number of hydrogen-bond donors (Lipinski definition) is 1. The van der Waals surface area contributed by atoms with Gasteiger partial charge in [0.2, 0.25) is 0 Å². The van der Waals surface area contributed by atoms with Crippen LogP contribution in [0.25, 0.3) is 11.1 Å². The van der Waals surface area contributed by atoms with Crippen molar-refractivity contribution in [2.24, 2.45) is 5.73 Å². The lowest BCUT2D eigenvalue weighted by Crippen LogP contribution is -2.36. The Balaban J connectivity index is 2.05. The van der Waals surface area contributed by atoms with Crippen LogP contribution in [0.1, 0.15) is 12.8 Å². The normalized spacial score (nSPS) is 19.2. The van der Waals surface area contributed by atoms with Gasteiger partial charge in [-0.05, 0) is 25.0 Å². The van der Waals surface area contributed by atoms with Gasteiger partial charge in [-0.2, -0.15) is 0 Å². The molecule has 0 amide bonds. The van der Waals surface area contributed by atoms with E-state index in [0.29, 0.717) is 0 Å². The summed E-state index contributed by atoms with van der Waals surface area (Å²) in [5.74, 6) is 0. The van der Waals surface area contributed by atoms with Gasteiger partial charge in [0.25, 0.3) is 0 Å². The fourth-order valence-corrected chi connectivity index (χ4v) is 2.58. The SMILES string of the molecule is NC1CCCN1c1ccccc1-c1cccnc1. The van der Waals surface area contributed by atoms with Crippen LogP contribution in [0.4, 0.5) is 5.69 Å². The molecule has 2 heterocycles. The highest BCUT2D eigenvalue weighted by molar-refractivity contribution is 5.78. The number of nitrogens with zero attached hydrogens (tertiary/aromatic N) is 2. The maximum absolute atomic E-state index is 6.17. The zero-order valence-electron chi connectivity index (χ0n) is 10.3. The summed E-state index contributed by atoms with van der Waals surface area (Å²) in [4.78, 5) is 6.49. The van der Waals surface area contributed by atoms with E-state index in [4.69, 9.17) is 5.73 Å². The van der Waals surface area contributed by atoms with Crippen LogP contribution in [0, 0.1) is 0 Å². The third-order valence-corrected chi connectivity index (χ3v) is 3.49. The van der Waals surface area contributed by atoms with E-state index in [9.17, 15) is 0 Å². The van der Waals surface area contributed by atoms with E-state index in [1.54, 1.807) is 6.20 Å². The van der Waals surface area contributed by atoms with Crippen LogP contribution in [0.5, 0.6) is 0 Å². The van der Waals surface area contributed by atoms with Crippen molar-refractivity contribution in [1.29, 1.82) is 0 Å². The van der Waals surface area contributed by atoms with Crippen molar-refractivity contribution in [1.82, 2.24) is 4.98 Å². The molecule has 1 fully saturated rings. The molecule has 3 rings (SSSR count). The average Bonchev–Trinajstić information content (AvgIpc) is 2.86. The summed E-state index contributed by atoms with van der Waals surface area (Å²) in [6, 6.07) is 12.5. The Morgan fingerprint density at radius 1 is 1.17 bits per heavy atom. The first-order chi connectivity index (χ1) is 8.86. The maximum Gasteiger partial charge on any atom is 0.0771 e. The van der Waals surface area contributed by atoms with Crippen molar-refractivity contribution in [2.45, 2.75) is 19.0 Å². The summed E-state index contributed by atoms with van der Waals surface area (Å²) in [6.45, 7) is 1.04. The van der Waals surface area contributed by atoms with Crippen LogP contribution in [-0.2, 0) is 0 Å². The molecule has 3 nitrogen and oxygen atoms in total. The summed E-state index contributed by atoms with van der Waals surface area (Å²) in [5, 5.41) is 0. The molecule has 92 valence electrons. The number of para-hydroxylation sites is 1. The number of nitrogens with two attached hydrogens (primary N) is 1. The van der Waals surface area contributed by atoms with Crippen LogP contribution >= 0.6 is 0 Å². The molecule has 1 aromatic carbocycles. The summed E-state index contributed by atoms with van der Waals surface area (Å²) in [5.41, 5.74) is 9.74. The smallest absolute Gasteiger partial charge is 0.0771 e. The lowest BCUT2D eigenvalue weighted by atomic mass is 10.0. The van der Waals surface area contributed by atoms with E-state index < -0.39 is 0 Å². The molecule has 0 spiro atoms. The summed E-state index contributed by atoms with van der Waals surface area (Å²) in [7, 11) is 0. The van der Waals surface area contributed by atoms with Crippen LogP contribution in [0.15, 0.2) is 48.8 Å². The van der Waals surface area contributed by atoms with Crippen molar-refractivity contribution in [3.63, 3.8) is 0 Å². The molecule has 0 saturated carbocycles. The first kappa shape index (κ1) is 11.2. The number of benzene rings is 1. The topological polar surface area (TPSA) is 42.1 Å². The van der Waals surface area contributed by atoms with Gasteiger partial charge in [-0.1, -0.05) is 24.3 Å². The molecule has 1 aromatic heterocycles.